The lowest BCUT2D eigenvalue weighted by atomic mass is 10.3. The van der Waals surface area contributed by atoms with Crippen LogP contribution in [0.4, 0.5) is 5.82 Å². The minimum absolute atomic E-state index is 0.201. The molecule has 9 heteroatoms. The number of carboxylic acid groups (broad SMARTS) is 1. The average Bonchev–Trinajstić information content (AvgIpc) is 3.04. The Morgan fingerprint density at radius 1 is 1.55 bits per heavy atom. The zero-order valence-electron chi connectivity index (χ0n) is 10.6. The molecular weight excluding hydrogens is 268 g/mol. The molecule has 1 heterocycles. The van der Waals surface area contributed by atoms with Gasteiger partial charge in [-0.25, -0.2) is 0 Å². The van der Waals surface area contributed by atoms with Gasteiger partial charge in [0.2, 0.25) is 5.91 Å². The van der Waals surface area contributed by atoms with Crippen LogP contribution in [0, 0.1) is 16.0 Å². The number of hydrogen-bond donors (Lipinski definition) is 1. The molecule has 20 heavy (non-hydrogen) atoms. The number of aliphatic carboxylic acids is 1. The highest BCUT2D eigenvalue weighted by atomic mass is 16.6. The fourth-order valence-corrected chi connectivity index (χ4v) is 1.80. The zero-order chi connectivity index (χ0) is 14.7. The van der Waals surface area contributed by atoms with Crippen LogP contribution in [0.3, 0.4) is 0 Å². The highest BCUT2D eigenvalue weighted by Gasteiger charge is 2.28. The summed E-state index contributed by atoms with van der Waals surface area (Å²) in [6.45, 7) is -0.152. The van der Waals surface area contributed by atoms with Crippen LogP contribution in [0.25, 0.3) is 0 Å². The quantitative estimate of drug-likeness (QED) is 0.560. The van der Waals surface area contributed by atoms with E-state index in [9.17, 15) is 19.7 Å². The summed E-state index contributed by atoms with van der Waals surface area (Å²) in [5, 5.41) is 22.9. The minimum atomic E-state index is -1.08. The number of hydrogen-bond acceptors (Lipinski definition) is 5. The van der Waals surface area contributed by atoms with Crippen molar-refractivity contribution in [3.8, 4) is 0 Å². The Morgan fingerprint density at radius 3 is 2.75 bits per heavy atom. The van der Waals surface area contributed by atoms with E-state index in [2.05, 4.69) is 5.10 Å². The van der Waals surface area contributed by atoms with E-state index < -0.39 is 16.8 Å². The molecule has 0 bridgehead atoms. The molecule has 0 spiro atoms. The third-order valence-electron chi connectivity index (χ3n) is 2.97. The van der Waals surface area contributed by atoms with E-state index in [1.54, 1.807) is 0 Å². The van der Waals surface area contributed by atoms with Gasteiger partial charge >= 0.3 is 11.8 Å². The van der Waals surface area contributed by atoms with Gasteiger partial charge < -0.3 is 20.1 Å². The fourth-order valence-electron chi connectivity index (χ4n) is 1.80. The lowest BCUT2D eigenvalue weighted by molar-refractivity contribution is -0.389. The second kappa shape index (κ2) is 5.68. The molecule has 9 nitrogen and oxygen atoms in total. The first-order valence-electron chi connectivity index (χ1n) is 6.13. The Balaban J connectivity index is 1.98. The Hall–Kier alpha value is -2.45. The smallest absolute Gasteiger partial charge is 0.389 e. The summed E-state index contributed by atoms with van der Waals surface area (Å²) in [6, 6.07) is 1.19. The summed E-state index contributed by atoms with van der Waals surface area (Å²) in [6.07, 6.45) is 3.32. The first kappa shape index (κ1) is 14.0. The molecule has 1 aromatic heterocycles. The SMILES string of the molecule is O=C(O)CN(CC1CC1)C(=O)Cn1ccc([N+](=O)[O-])n1. The van der Waals surface area contributed by atoms with Gasteiger partial charge in [-0.15, -0.1) is 0 Å². The van der Waals surface area contributed by atoms with Crippen molar-refractivity contribution in [2.75, 3.05) is 13.1 Å². The number of carbonyl (C=O) groups is 2. The van der Waals surface area contributed by atoms with Crippen molar-refractivity contribution in [3.05, 3.63) is 22.4 Å². The summed E-state index contributed by atoms with van der Waals surface area (Å²) in [5.74, 6) is -1.46. The third kappa shape index (κ3) is 3.77. The summed E-state index contributed by atoms with van der Waals surface area (Å²) in [4.78, 5) is 33.9. The molecule has 0 unspecified atom stereocenters. The first-order chi connectivity index (χ1) is 9.45. The molecule has 1 aliphatic rings. The van der Waals surface area contributed by atoms with Gasteiger partial charge in [-0.2, -0.15) is 4.68 Å². The standard InChI is InChI=1S/C11H14N4O5/c16-10(6-14-4-3-9(12-14)15(19)20)13(7-11(17)18)5-8-1-2-8/h3-4,8H,1-2,5-7H2,(H,17,18). The number of rotatable bonds is 7. The van der Waals surface area contributed by atoms with Crippen molar-refractivity contribution in [2.24, 2.45) is 5.92 Å². The molecule has 0 aliphatic heterocycles. The number of carbonyl (C=O) groups excluding carboxylic acids is 1. The third-order valence-corrected chi connectivity index (χ3v) is 2.97. The Kier molecular flexibility index (Phi) is 3.97. The Bertz CT molecular complexity index is 537. The van der Waals surface area contributed by atoms with Gasteiger partial charge in [0.25, 0.3) is 0 Å². The van der Waals surface area contributed by atoms with Crippen LogP contribution < -0.4 is 0 Å². The molecule has 0 radical (unpaired) electrons. The zero-order valence-corrected chi connectivity index (χ0v) is 10.6. The normalized spacial score (nSPS) is 14.0. The van der Waals surface area contributed by atoms with Gasteiger partial charge in [0.05, 0.1) is 17.4 Å². The molecule has 0 aromatic carbocycles. The second-order valence-electron chi connectivity index (χ2n) is 4.74. The molecule has 1 aliphatic carbocycles. The molecule has 1 aromatic rings. The predicted molar refractivity (Wildman–Crippen MR) is 65.8 cm³/mol. The summed E-state index contributed by atoms with van der Waals surface area (Å²) >= 11 is 0. The number of nitrogens with zero attached hydrogens (tertiary/aromatic N) is 4. The number of nitro groups is 1. The molecule has 1 saturated carbocycles. The highest BCUT2D eigenvalue weighted by Crippen LogP contribution is 2.29. The second-order valence-corrected chi connectivity index (χ2v) is 4.74. The number of aromatic nitrogens is 2. The largest absolute Gasteiger partial charge is 0.480 e. The van der Waals surface area contributed by atoms with Crippen LogP contribution in [0.2, 0.25) is 0 Å². The van der Waals surface area contributed by atoms with E-state index in [4.69, 9.17) is 5.11 Å². The van der Waals surface area contributed by atoms with Crippen LogP contribution in [0.5, 0.6) is 0 Å². The minimum Gasteiger partial charge on any atom is -0.480 e. The monoisotopic (exact) mass is 282 g/mol. The summed E-state index contributed by atoms with van der Waals surface area (Å²) < 4.78 is 1.14. The van der Waals surface area contributed by atoms with Crippen LogP contribution in [-0.2, 0) is 16.1 Å². The maximum atomic E-state index is 12.0. The average molecular weight is 282 g/mol. The van der Waals surface area contributed by atoms with Crippen molar-refractivity contribution < 1.29 is 19.6 Å². The Labute approximate surface area is 113 Å². The van der Waals surface area contributed by atoms with Crippen molar-refractivity contribution in [2.45, 2.75) is 19.4 Å². The maximum absolute atomic E-state index is 12.0. The summed E-state index contributed by atoms with van der Waals surface area (Å²) in [7, 11) is 0. The van der Waals surface area contributed by atoms with Crippen LogP contribution >= 0.6 is 0 Å². The predicted octanol–water partition coefficient (Wildman–Crippen LogP) is 0.114. The van der Waals surface area contributed by atoms with Crippen molar-refractivity contribution in [1.29, 1.82) is 0 Å². The van der Waals surface area contributed by atoms with Gasteiger partial charge in [0, 0.05) is 6.54 Å². The first-order valence-corrected chi connectivity index (χ1v) is 6.13. The van der Waals surface area contributed by atoms with Gasteiger partial charge in [0.1, 0.15) is 13.1 Å². The number of carboxylic acids is 1. The van der Waals surface area contributed by atoms with Gasteiger partial charge in [0.15, 0.2) is 0 Å². The molecule has 1 amide bonds. The van der Waals surface area contributed by atoms with E-state index in [0.717, 1.165) is 17.5 Å². The van der Waals surface area contributed by atoms with Crippen molar-refractivity contribution >= 4 is 17.7 Å². The van der Waals surface area contributed by atoms with Crippen molar-refractivity contribution in [1.82, 2.24) is 14.7 Å². The summed E-state index contributed by atoms with van der Waals surface area (Å²) in [5.41, 5.74) is 0. The lowest BCUT2D eigenvalue weighted by Gasteiger charge is -2.19. The van der Waals surface area contributed by atoms with Crippen molar-refractivity contribution in [3.63, 3.8) is 0 Å². The van der Waals surface area contributed by atoms with E-state index >= 15 is 0 Å². The molecule has 1 fully saturated rings. The molecular formula is C11H14N4O5. The van der Waals surface area contributed by atoms with Gasteiger partial charge in [-0.05, 0) is 23.7 Å². The van der Waals surface area contributed by atoms with Crippen LogP contribution in [0.1, 0.15) is 12.8 Å². The molecule has 0 saturated heterocycles. The topological polar surface area (TPSA) is 119 Å². The number of amides is 1. The maximum Gasteiger partial charge on any atom is 0.389 e. The molecule has 2 rings (SSSR count). The van der Waals surface area contributed by atoms with Gasteiger partial charge in [-0.1, -0.05) is 0 Å². The van der Waals surface area contributed by atoms with E-state index in [1.807, 2.05) is 0 Å². The lowest BCUT2D eigenvalue weighted by Crippen LogP contribution is -2.39. The molecule has 1 N–H and O–H groups in total. The van der Waals surface area contributed by atoms with E-state index in [1.165, 1.54) is 17.2 Å². The fraction of sp³-hybridized carbons (Fsp3) is 0.545. The van der Waals surface area contributed by atoms with Crippen LogP contribution in [0.15, 0.2) is 12.3 Å². The molecule has 108 valence electrons. The Morgan fingerprint density at radius 2 is 2.25 bits per heavy atom. The highest BCUT2D eigenvalue weighted by molar-refractivity contribution is 5.81. The molecule has 0 atom stereocenters. The van der Waals surface area contributed by atoms with Crippen LogP contribution in [-0.4, -0.2) is 49.7 Å². The van der Waals surface area contributed by atoms with E-state index in [0.29, 0.717) is 12.5 Å². The van der Waals surface area contributed by atoms with E-state index in [-0.39, 0.29) is 18.9 Å². The van der Waals surface area contributed by atoms with Gasteiger partial charge in [-0.3, -0.25) is 9.59 Å².